The molecule has 0 amide bonds. The highest BCUT2D eigenvalue weighted by atomic mass is 15.2. The number of rotatable bonds is 6. The first-order chi connectivity index (χ1) is 10.1. The maximum absolute atomic E-state index is 4.64. The van der Waals surface area contributed by atoms with Crippen LogP contribution < -0.4 is 10.2 Å². The summed E-state index contributed by atoms with van der Waals surface area (Å²) in [6, 6.07) is 12.8. The number of hydrogen-bond donors (Lipinski definition) is 1. The summed E-state index contributed by atoms with van der Waals surface area (Å²) in [4.78, 5) is 11.4. The second kappa shape index (κ2) is 7.07. The predicted molar refractivity (Wildman–Crippen MR) is 88.7 cm³/mol. The number of aromatic nitrogens is 2. The average Bonchev–Trinajstić information content (AvgIpc) is 2.44. The van der Waals surface area contributed by atoms with E-state index in [1.54, 1.807) is 0 Å². The Morgan fingerprint density at radius 3 is 2.48 bits per heavy atom. The molecule has 1 N–H and O–H groups in total. The lowest BCUT2D eigenvalue weighted by Gasteiger charge is -2.23. The van der Waals surface area contributed by atoms with Crippen LogP contribution in [-0.2, 0) is 6.54 Å². The van der Waals surface area contributed by atoms with E-state index < -0.39 is 0 Å². The summed E-state index contributed by atoms with van der Waals surface area (Å²) in [7, 11) is 0. The highest BCUT2D eigenvalue weighted by Gasteiger charge is 2.10. The van der Waals surface area contributed by atoms with Crippen LogP contribution in [0.4, 0.5) is 11.8 Å². The summed E-state index contributed by atoms with van der Waals surface area (Å²) >= 11 is 0. The Morgan fingerprint density at radius 1 is 1.14 bits per heavy atom. The number of hydrogen-bond acceptors (Lipinski definition) is 4. The fraction of sp³-hybridized carbons (Fsp3) is 0.412. The minimum Gasteiger partial charge on any atom is -0.352 e. The average molecular weight is 284 g/mol. The molecule has 0 fully saturated rings. The van der Waals surface area contributed by atoms with E-state index in [4.69, 9.17) is 0 Å². The largest absolute Gasteiger partial charge is 0.352 e. The summed E-state index contributed by atoms with van der Waals surface area (Å²) in [6.45, 7) is 10.1. The Morgan fingerprint density at radius 2 is 1.86 bits per heavy atom. The second-order valence-electron chi connectivity index (χ2n) is 5.49. The number of aryl methyl sites for hydroxylation is 1. The highest BCUT2D eigenvalue weighted by molar-refractivity contribution is 5.45. The topological polar surface area (TPSA) is 41.1 Å². The second-order valence-corrected chi connectivity index (χ2v) is 5.49. The normalized spacial score (nSPS) is 10.7. The van der Waals surface area contributed by atoms with Gasteiger partial charge in [-0.3, -0.25) is 0 Å². The van der Waals surface area contributed by atoms with Gasteiger partial charge in [0.1, 0.15) is 5.82 Å². The van der Waals surface area contributed by atoms with E-state index in [1.165, 1.54) is 5.56 Å². The summed E-state index contributed by atoms with van der Waals surface area (Å²) in [5.41, 5.74) is 2.27. The highest BCUT2D eigenvalue weighted by Crippen LogP contribution is 2.17. The van der Waals surface area contributed by atoms with Crippen LogP contribution in [0.25, 0.3) is 0 Å². The summed E-state index contributed by atoms with van der Waals surface area (Å²) in [5, 5.41) is 3.28. The van der Waals surface area contributed by atoms with Crippen molar-refractivity contribution in [2.45, 2.75) is 40.3 Å². The minimum absolute atomic E-state index is 0.323. The van der Waals surface area contributed by atoms with Crippen LogP contribution in [0, 0.1) is 6.92 Å². The molecule has 21 heavy (non-hydrogen) atoms. The first-order valence-electron chi connectivity index (χ1n) is 7.49. The number of nitrogens with one attached hydrogen (secondary N) is 1. The van der Waals surface area contributed by atoms with Crippen molar-refractivity contribution in [2.75, 3.05) is 16.8 Å². The molecule has 1 aromatic heterocycles. The third-order valence-corrected chi connectivity index (χ3v) is 3.18. The molecule has 4 nitrogen and oxygen atoms in total. The van der Waals surface area contributed by atoms with Gasteiger partial charge in [-0.05, 0) is 33.3 Å². The van der Waals surface area contributed by atoms with Crippen molar-refractivity contribution >= 4 is 11.8 Å². The van der Waals surface area contributed by atoms with E-state index in [0.717, 1.165) is 24.6 Å². The van der Waals surface area contributed by atoms with Crippen molar-refractivity contribution in [1.82, 2.24) is 9.97 Å². The fourth-order valence-electron chi connectivity index (χ4n) is 2.20. The molecule has 0 spiro atoms. The number of benzene rings is 1. The molecule has 0 unspecified atom stereocenters. The summed E-state index contributed by atoms with van der Waals surface area (Å²) in [6.07, 6.45) is 0. The van der Waals surface area contributed by atoms with E-state index in [9.17, 15) is 0 Å². The molecule has 0 saturated carbocycles. The van der Waals surface area contributed by atoms with Crippen molar-refractivity contribution in [2.24, 2.45) is 0 Å². The Labute approximate surface area is 127 Å². The monoisotopic (exact) mass is 284 g/mol. The molecule has 1 aromatic carbocycles. The van der Waals surface area contributed by atoms with Crippen LogP contribution in [0.3, 0.4) is 0 Å². The van der Waals surface area contributed by atoms with Gasteiger partial charge < -0.3 is 10.2 Å². The van der Waals surface area contributed by atoms with Crippen molar-refractivity contribution in [3.05, 3.63) is 47.7 Å². The smallest absolute Gasteiger partial charge is 0.225 e. The predicted octanol–water partition coefficient (Wildman–Crippen LogP) is 3.63. The number of nitrogens with zero attached hydrogens (tertiary/aromatic N) is 3. The van der Waals surface area contributed by atoms with Gasteiger partial charge in [0.25, 0.3) is 0 Å². The zero-order valence-electron chi connectivity index (χ0n) is 13.3. The zero-order chi connectivity index (χ0) is 15.2. The van der Waals surface area contributed by atoms with Crippen LogP contribution in [0.15, 0.2) is 36.4 Å². The molecule has 1 heterocycles. The molecule has 0 aliphatic carbocycles. The van der Waals surface area contributed by atoms with E-state index in [1.807, 2.05) is 19.1 Å². The Hall–Kier alpha value is -2.10. The van der Waals surface area contributed by atoms with Crippen LogP contribution in [0.2, 0.25) is 0 Å². The van der Waals surface area contributed by atoms with E-state index in [0.29, 0.717) is 12.0 Å². The molecule has 0 bridgehead atoms. The molecule has 112 valence electrons. The van der Waals surface area contributed by atoms with Gasteiger partial charge in [0.2, 0.25) is 5.95 Å². The van der Waals surface area contributed by atoms with Gasteiger partial charge >= 0.3 is 0 Å². The number of anilines is 2. The molecular weight excluding hydrogens is 260 g/mol. The standard InChI is InChI=1S/C17H24N4/c1-5-21(12-15-9-7-6-8-10-15)16-11-14(4)19-17(20-16)18-13(2)3/h6-11,13H,5,12H2,1-4H3,(H,18,19,20). The maximum atomic E-state index is 4.64. The van der Waals surface area contributed by atoms with Crippen molar-refractivity contribution in [3.8, 4) is 0 Å². The third-order valence-electron chi connectivity index (χ3n) is 3.18. The molecule has 0 aliphatic heterocycles. The molecule has 0 atom stereocenters. The van der Waals surface area contributed by atoms with Crippen LogP contribution in [0.5, 0.6) is 0 Å². The molecule has 4 heteroatoms. The third kappa shape index (κ3) is 4.45. The van der Waals surface area contributed by atoms with E-state index >= 15 is 0 Å². The van der Waals surface area contributed by atoms with E-state index in [2.05, 4.69) is 65.2 Å². The Kier molecular flexibility index (Phi) is 5.14. The van der Waals surface area contributed by atoms with Gasteiger partial charge in [-0.1, -0.05) is 30.3 Å². The maximum Gasteiger partial charge on any atom is 0.225 e. The summed E-state index contributed by atoms with van der Waals surface area (Å²) < 4.78 is 0. The molecule has 0 radical (unpaired) electrons. The minimum atomic E-state index is 0.323. The fourth-order valence-corrected chi connectivity index (χ4v) is 2.20. The van der Waals surface area contributed by atoms with Gasteiger partial charge in [0, 0.05) is 30.9 Å². The Balaban J connectivity index is 2.23. The molecule has 2 rings (SSSR count). The van der Waals surface area contributed by atoms with Gasteiger partial charge in [-0.25, -0.2) is 4.98 Å². The van der Waals surface area contributed by atoms with Crippen molar-refractivity contribution in [1.29, 1.82) is 0 Å². The zero-order valence-corrected chi connectivity index (χ0v) is 13.3. The first-order valence-corrected chi connectivity index (χ1v) is 7.49. The lowest BCUT2D eigenvalue weighted by molar-refractivity contribution is 0.801. The SMILES string of the molecule is CCN(Cc1ccccc1)c1cc(C)nc(NC(C)C)n1. The van der Waals surface area contributed by atoms with Gasteiger partial charge in [0.15, 0.2) is 0 Å². The Bertz CT molecular complexity index is 566. The lowest BCUT2D eigenvalue weighted by Crippen LogP contribution is -2.24. The van der Waals surface area contributed by atoms with Crippen LogP contribution in [-0.4, -0.2) is 22.6 Å². The quantitative estimate of drug-likeness (QED) is 0.879. The first kappa shape index (κ1) is 15.3. The van der Waals surface area contributed by atoms with Gasteiger partial charge in [0.05, 0.1) is 0 Å². The molecular formula is C17H24N4. The van der Waals surface area contributed by atoms with Crippen molar-refractivity contribution < 1.29 is 0 Å². The molecule has 0 saturated heterocycles. The summed E-state index contributed by atoms with van der Waals surface area (Å²) in [5.74, 6) is 1.67. The van der Waals surface area contributed by atoms with E-state index in [-0.39, 0.29) is 0 Å². The molecule has 2 aromatic rings. The van der Waals surface area contributed by atoms with Gasteiger partial charge in [-0.2, -0.15) is 4.98 Å². The van der Waals surface area contributed by atoms with Crippen molar-refractivity contribution in [3.63, 3.8) is 0 Å². The molecule has 0 aliphatic rings. The van der Waals surface area contributed by atoms with Crippen LogP contribution >= 0.6 is 0 Å². The lowest BCUT2D eigenvalue weighted by atomic mass is 10.2. The van der Waals surface area contributed by atoms with Crippen LogP contribution in [0.1, 0.15) is 32.0 Å². The van der Waals surface area contributed by atoms with Gasteiger partial charge in [-0.15, -0.1) is 0 Å².